The first-order chi connectivity index (χ1) is 19.3. The molecule has 12 heteroatoms. The molecule has 12 nitrogen and oxygen atoms in total. The third-order valence-electron chi connectivity index (χ3n) is 7.03. The Morgan fingerprint density at radius 2 is 1.70 bits per heavy atom. The van der Waals surface area contributed by atoms with E-state index in [2.05, 4.69) is 10.0 Å². The summed E-state index contributed by atoms with van der Waals surface area (Å²) in [6, 6.07) is 19.0. The summed E-state index contributed by atoms with van der Waals surface area (Å²) in [5.41, 5.74) is 9.87. The lowest BCUT2D eigenvalue weighted by atomic mass is 10.0. The van der Waals surface area contributed by atoms with Crippen LogP contribution in [0.25, 0.3) is 21.3 Å². The van der Waals surface area contributed by atoms with Crippen molar-refractivity contribution in [2.75, 3.05) is 0 Å². The van der Waals surface area contributed by atoms with Crippen LogP contribution >= 0.6 is 0 Å². The van der Waals surface area contributed by atoms with E-state index < -0.39 is 34.7 Å². The van der Waals surface area contributed by atoms with Gasteiger partial charge >= 0.3 is 0 Å². The summed E-state index contributed by atoms with van der Waals surface area (Å²) in [4.78, 5) is 57.8. The van der Waals surface area contributed by atoms with E-state index in [1.807, 2.05) is 30.3 Å². The van der Waals surface area contributed by atoms with Gasteiger partial charge in [-0.25, -0.2) is 0 Å². The normalized spacial score (nSPS) is 17.1. The second-order valence-electron chi connectivity index (χ2n) is 9.29. The predicted octanol–water partition coefficient (Wildman–Crippen LogP) is 4.96. The molecule has 0 spiro atoms. The van der Waals surface area contributed by atoms with E-state index in [9.17, 15) is 24.5 Å². The highest BCUT2D eigenvalue weighted by molar-refractivity contribution is 6.13. The lowest BCUT2D eigenvalue weighted by Gasteiger charge is -2.43. The minimum atomic E-state index is -1.27. The van der Waals surface area contributed by atoms with Gasteiger partial charge in [-0.1, -0.05) is 59.7 Å². The van der Waals surface area contributed by atoms with Crippen molar-refractivity contribution in [3.63, 3.8) is 0 Å². The number of nitro groups is 1. The zero-order valence-corrected chi connectivity index (χ0v) is 21.3. The largest absolute Gasteiger partial charge is 0.345 e. The number of nitro benzene ring substituents is 1. The number of azide groups is 1. The first kappa shape index (κ1) is 26.1. The summed E-state index contributed by atoms with van der Waals surface area (Å²) in [6.07, 6.45) is 1.77. The zero-order chi connectivity index (χ0) is 28.4. The van der Waals surface area contributed by atoms with Gasteiger partial charge in [0.1, 0.15) is 12.1 Å². The third kappa shape index (κ3) is 4.63. The van der Waals surface area contributed by atoms with E-state index in [0.29, 0.717) is 0 Å². The summed E-state index contributed by atoms with van der Waals surface area (Å²) >= 11 is 0. The second-order valence-corrected chi connectivity index (χ2v) is 9.29. The molecule has 4 aromatic rings. The number of aromatic nitrogens is 1. The number of carbonyl (C=O) groups is 3. The number of hydrogen-bond donors (Lipinski definition) is 0. The monoisotopic (exact) mass is 537 g/mol. The Kier molecular flexibility index (Phi) is 7.00. The summed E-state index contributed by atoms with van der Waals surface area (Å²) < 4.78 is 1.78. The van der Waals surface area contributed by atoms with Crippen molar-refractivity contribution in [1.29, 1.82) is 0 Å². The third-order valence-corrected chi connectivity index (χ3v) is 7.03. The maximum atomic E-state index is 14.1. The van der Waals surface area contributed by atoms with Gasteiger partial charge in [-0.2, -0.15) is 0 Å². The summed E-state index contributed by atoms with van der Waals surface area (Å²) in [6.45, 7) is 1.24. The van der Waals surface area contributed by atoms with Gasteiger partial charge in [0, 0.05) is 33.8 Å². The highest BCUT2D eigenvalue weighted by Crippen LogP contribution is 2.30. The Labute approximate surface area is 227 Å². The summed E-state index contributed by atoms with van der Waals surface area (Å²) in [5.74, 6) is -1.97. The molecule has 2 atom stereocenters. The topological polar surface area (TPSA) is 155 Å². The molecule has 2 heterocycles. The Bertz CT molecular complexity index is 1710. The summed E-state index contributed by atoms with van der Waals surface area (Å²) in [7, 11) is 0. The van der Waals surface area contributed by atoms with Crippen molar-refractivity contribution in [2.45, 2.75) is 32.1 Å². The van der Waals surface area contributed by atoms with E-state index in [0.717, 1.165) is 15.8 Å². The molecule has 0 N–H and O–H groups in total. The van der Waals surface area contributed by atoms with E-state index in [1.165, 1.54) is 42.2 Å². The van der Waals surface area contributed by atoms with Crippen molar-refractivity contribution in [3.05, 3.63) is 117 Å². The average Bonchev–Trinajstić information content (AvgIpc) is 3.37. The molecule has 3 aromatic carbocycles. The number of hydrogen-bond acceptors (Lipinski definition) is 6. The highest BCUT2D eigenvalue weighted by atomic mass is 16.6. The fourth-order valence-electron chi connectivity index (χ4n) is 5.01. The van der Waals surface area contributed by atoms with E-state index in [-0.39, 0.29) is 35.6 Å². The van der Waals surface area contributed by atoms with Gasteiger partial charge in [-0.05, 0) is 36.0 Å². The van der Waals surface area contributed by atoms with Crippen molar-refractivity contribution in [3.8, 4) is 0 Å². The molecule has 0 saturated carbocycles. The first-order valence-electron chi connectivity index (χ1n) is 12.4. The number of benzene rings is 3. The van der Waals surface area contributed by atoms with Crippen LogP contribution in [0.1, 0.15) is 22.8 Å². The number of nitrogens with zero attached hydrogens (tertiary/aromatic N) is 7. The fraction of sp³-hybridized carbons (Fsp3) is 0.179. The number of imide groups is 1. The Hall–Kier alpha value is -5.48. The van der Waals surface area contributed by atoms with Crippen LogP contribution in [0, 0.1) is 10.1 Å². The lowest BCUT2D eigenvalue weighted by molar-refractivity contribution is -0.385. The molecule has 1 aliphatic rings. The lowest BCUT2D eigenvalue weighted by Crippen LogP contribution is -2.66. The minimum Gasteiger partial charge on any atom is -0.345 e. The number of rotatable bonds is 7. The molecule has 1 aliphatic heterocycles. The quantitative estimate of drug-likeness (QED) is 0.0814. The number of carbonyl (C=O) groups excluding carboxylic acids is 3. The minimum absolute atomic E-state index is 0.0235. The summed E-state index contributed by atoms with van der Waals surface area (Å²) in [5, 5.41) is 16.1. The fourth-order valence-corrected chi connectivity index (χ4v) is 5.01. The van der Waals surface area contributed by atoms with Crippen molar-refractivity contribution in [1.82, 2.24) is 14.4 Å². The molecule has 0 unspecified atom stereocenters. The van der Waals surface area contributed by atoms with Crippen LogP contribution in [-0.4, -0.2) is 49.1 Å². The number of para-hydroxylation sites is 2. The van der Waals surface area contributed by atoms with E-state index in [1.54, 1.807) is 29.0 Å². The molecule has 1 saturated heterocycles. The van der Waals surface area contributed by atoms with Crippen LogP contribution in [-0.2, 0) is 22.7 Å². The van der Waals surface area contributed by atoms with Crippen LogP contribution in [0.3, 0.4) is 0 Å². The van der Waals surface area contributed by atoms with E-state index in [4.69, 9.17) is 5.53 Å². The van der Waals surface area contributed by atoms with Crippen molar-refractivity contribution in [2.24, 2.45) is 5.11 Å². The van der Waals surface area contributed by atoms with Crippen molar-refractivity contribution >= 4 is 40.0 Å². The molecule has 1 fully saturated rings. The molecular formula is C28H23N7O5. The molecule has 5 rings (SSSR count). The first-order valence-corrected chi connectivity index (χ1v) is 12.4. The molecule has 200 valence electrons. The maximum Gasteiger partial charge on any atom is 0.274 e. The standard InChI is InChI=1S/C28H23N7O5/c1-18-26(36)34(27(37)21-10-4-5-11-22(21)30-31-29)25(17-32-15-14-19-8-2-6-12-23(19)32)28(38)33(18)16-20-9-3-7-13-24(20)35(39)40/h2-15,18,25H,16-17H2,1H3/t18-,25-/m0/s1. The molecule has 0 aliphatic carbocycles. The van der Waals surface area contributed by atoms with Gasteiger partial charge in [0.15, 0.2) is 0 Å². The number of piperazine rings is 1. The molecule has 0 radical (unpaired) electrons. The van der Waals surface area contributed by atoms with Crippen LogP contribution in [0.5, 0.6) is 0 Å². The van der Waals surface area contributed by atoms with Gasteiger partial charge in [-0.3, -0.25) is 29.4 Å². The zero-order valence-electron chi connectivity index (χ0n) is 21.3. The van der Waals surface area contributed by atoms with E-state index >= 15 is 0 Å². The molecule has 0 bridgehead atoms. The van der Waals surface area contributed by atoms with Crippen LogP contribution < -0.4 is 0 Å². The van der Waals surface area contributed by atoms with Crippen LogP contribution in [0.2, 0.25) is 0 Å². The van der Waals surface area contributed by atoms with Gasteiger partial charge in [0.25, 0.3) is 17.5 Å². The van der Waals surface area contributed by atoms with Gasteiger partial charge in [-0.15, -0.1) is 0 Å². The predicted molar refractivity (Wildman–Crippen MR) is 145 cm³/mol. The highest BCUT2D eigenvalue weighted by Gasteiger charge is 2.47. The maximum absolute atomic E-state index is 14.1. The van der Waals surface area contributed by atoms with Gasteiger partial charge in [0.05, 0.1) is 23.7 Å². The Morgan fingerprint density at radius 1 is 1.00 bits per heavy atom. The van der Waals surface area contributed by atoms with Gasteiger partial charge < -0.3 is 9.47 Å². The van der Waals surface area contributed by atoms with Crippen molar-refractivity contribution < 1.29 is 19.3 Å². The number of amides is 3. The van der Waals surface area contributed by atoms with Crippen LogP contribution in [0.15, 0.2) is 90.2 Å². The number of fused-ring (bicyclic) bond motifs is 1. The second kappa shape index (κ2) is 10.7. The van der Waals surface area contributed by atoms with Gasteiger partial charge in [0.2, 0.25) is 5.91 Å². The smallest absolute Gasteiger partial charge is 0.274 e. The Morgan fingerprint density at radius 3 is 2.48 bits per heavy atom. The molecule has 1 aromatic heterocycles. The van der Waals surface area contributed by atoms with Crippen LogP contribution in [0.4, 0.5) is 11.4 Å². The SMILES string of the molecule is C[C@H]1C(=O)N(C(=O)c2ccccc2N=[N+]=[N-])[C@@H](Cn2ccc3ccccc32)C(=O)N1Cc1ccccc1[N+](=O)[O-]. The Balaban J connectivity index is 1.59. The molecule has 3 amide bonds. The molecular weight excluding hydrogens is 514 g/mol. The molecule has 40 heavy (non-hydrogen) atoms. The average molecular weight is 538 g/mol.